The van der Waals surface area contributed by atoms with E-state index in [0.29, 0.717) is 11.3 Å². The topological polar surface area (TPSA) is 58.3 Å². The molecular formula is C21H33IN6S2. The average molecular weight is 561 g/mol. The van der Waals surface area contributed by atoms with Crippen molar-refractivity contribution in [2.24, 2.45) is 12.0 Å². The van der Waals surface area contributed by atoms with Crippen LogP contribution in [-0.4, -0.2) is 55.8 Å². The van der Waals surface area contributed by atoms with E-state index >= 15 is 0 Å². The Morgan fingerprint density at radius 1 is 1.27 bits per heavy atom. The molecule has 3 heterocycles. The second-order valence-corrected chi connectivity index (χ2v) is 10.7. The van der Waals surface area contributed by atoms with E-state index in [0.717, 1.165) is 43.7 Å². The number of thiophene rings is 1. The Hall–Kier alpha value is -0.810. The number of aliphatic imine (C=N–C) groups is 1. The molecule has 30 heavy (non-hydrogen) atoms. The van der Waals surface area contributed by atoms with Crippen molar-refractivity contribution in [3.8, 4) is 0 Å². The number of hydrogen-bond acceptors (Lipinski definition) is 5. The molecule has 1 spiro atoms. The van der Waals surface area contributed by atoms with Crippen molar-refractivity contribution in [1.29, 1.82) is 0 Å². The predicted molar refractivity (Wildman–Crippen MR) is 138 cm³/mol. The Kier molecular flexibility index (Phi) is 8.88. The summed E-state index contributed by atoms with van der Waals surface area (Å²) in [7, 11) is 2.01. The van der Waals surface area contributed by atoms with Gasteiger partial charge in [-0.15, -0.1) is 45.5 Å². The second kappa shape index (κ2) is 11.2. The van der Waals surface area contributed by atoms with Gasteiger partial charge in [-0.3, -0.25) is 0 Å². The lowest BCUT2D eigenvalue weighted by Gasteiger charge is -2.45. The monoisotopic (exact) mass is 560 g/mol. The molecule has 6 nitrogen and oxygen atoms in total. The smallest absolute Gasteiger partial charge is 0.194 e. The fourth-order valence-electron chi connectivity index (χ4n) is 4.28. The Morgan fingerprint density at radius 3 is 2.80 bits per heavy atom. The van der Waals surface area contributed by atoms with Gasteiger partial charge in [-0.2, -0.15) is 11.8 Å². The van der Waals surface area contributed by atoms with E-state index in [2.05, 4.69) is 49.7 Å². The predicted octanol–water partition coefficient (Wildman–Crippen LogP) is 4.24. The van der Waals surface area contributed by atoms with Crippen LogP contribution in [0.5, 0.6) is 0 Å². The third kappa shape index (κ3) is 5.91. The zero-order chi connectivity index (χ0) is 20.1. The van der Waals surface area contributed by atoms with Gasteiger partial charge in [-0.05, 0) is 37.6 Å². The van der Waals surface area contributed by atoms with Crippen molar-refractivity contribution in [2.45, 2.75) is 56.7 Å². The molecule has 0 bridgehead atoms. The van der Waals surface area contributed by atoms with E-state index in [1.807, 2.05) is 29.9 Å². The Morgan fingerprint density at radius 2 is 2.10 bits per heavy atom. The fourth-order valence-corrected chi connectivity index (χ4v) is 6.56. The summed E-state index contributed by atoms with van der Waals surface area (Å²) < 4.78 is 2.45. The molecule has 1 saturated carbocycles. The van der Waals surface area contributed by atoms with Gasteiger partial charge in [0, 0.05) is 42.1 Å². The Bertz CT molecular complexity index is 808. The maximum Gasteiger partial charge on any atom is 0.194 e. The molecule has 1 saturated heterocycles. The van der Waals surface area contributed by atoms with E-state index in [1.165, 1.54) is 42.7 Å². The first-order valence-electron chi connectivity index (χ1n) is 10.7. The molecule has 0 atom stereocenters. The van der Waals surface area contributed by atoms with Crippen LogP contribution in [0, 0.1) is 6.92 Å². The van der Waals surface area contributed by atoms with E-state index in [9.17, 15) is 0 Å². The summed E-state index contributed by atoms with van der Waals surface area (Å²) in [5, 5.41) is 14.3. The van der Waals surface area contributed by atoms with Crippen LogP contribution in [0.4, 0.5) is 0 Å². The number of hydrogen-bond donors (Lipinski definition) is 1. The number of rotatable bonds is 5. The van der Waals surface area contributed by atoms with Gasteiger partial charge in [0.15, 0.2) is 11.8 Å². The molecule has 2 fully saturated rings. The van der Waals surface area contributed by atoms with Crippen molar-refractivity contribution in [2.75, 3.05) is 25.4 Å². The molecule has 1 aliphatic heterocycles. The molecule has 9 heteroatoms. The molecule has 1 aliphatic carbocycles. The first-order valence-corrected chi connectivity index (χ1v) is 12.6. The first kappa shape index (κ1) is 23.8. The van der Waals surface area contributed by atoms with Gasteiger partial charge in [-0.25, -0.2) is 4.99 Å². The van der Waals surface area contributed by atoms with Crippen LogP contribution in [0.2, 0.25) is 0 Å². The summed E-state index contributed by atoms with van der Waals surface area (Å²) in [5.74, 6) is 4.07. The van der Waals surface area contributed by atoms with Gasteiger partial charge in [0.2, 0.25) is 0 Å². The number of thioether (sulfide) groups is 1. The molecule has 0 radical (unpaired) electrons. The third-order valence-electron chi connectivity index (χ3n) is 6.10. The van der Waals surface area contributed by atoms with E-state index in [-0.39, 0.29) is 24.0 Å². The highest BCUT2D eigenvalue weighted by atomic mass is 127. The molecule has 0 unspecified atom stereocenters. The van der Waals surface area contributed by atoms with E-state index in [1.54, 1.807) is 0 Å². The molecule has 2 aromatic heterocycles. The lowest BCUT2D eigenvalue weighted by Crippen LogP contribution is -2.53. The zero-order valence-electron chi connectivity index (χ0n) is 18.0. The van der Waals surface area contributed by atoms with Crippen LogP contribution in [0.15, 0.2) is 22.5 Å². The molecular weight excluding hydrogens is 527 g/mol. The Labute approximate surface area is 205 Å². The largest absolute Gasteiger partial charge is 0.356 e. The van der Waals surface area contributed by atoms with Gasteiger partial charge in [0.1, 0.15) is 12.4 Å². The average Bonchev–Trinajstić information content (AvgIpc) is 3.36. The normalized spacial score (nSPS) is 19.0. The van der Waals surface area contributed by atoms with Gasteiger partial charge < -0.3 is 14.8 Å². The van der Waals surface area contributed by atoms with Gasteiger partial charge in [0.25, 0.3) is 0 Å². The number of nitrogens with zero attached hydrogens (tertiary/aromatic N) is 5. The SMILES string of the molecule is Cc1nnc(CN=C(NCCc2cccs2)N2CCSC3(CCCCC3)C2)n1C.I. The van der Waals surface area contributed by atoms with E-state index < -0.39 is 0 Å². The van der Waals surface area contributed by atoms with Crippen molar-refractivity contribution >= 4 is 53.0 Å². The third-order valence-corrected chi connectivity index (χ3v) is 8.57. The standard InChI is InChI=1S/C21H32N6S2.HI/c1-17-24-25-19(26(17)2)15-23-20(22-11-8-18-7-6-13-28-18)27-12-14-29-21(16-27)9-4-3-5-10-21;/h6-7,13H,3-5,8-12,14-16H2,1-2H3,(H,22,23);1H. The van der Waals surface area contributed by atoms with Crippen molar-refractivity contribution in [1.82, 2.24) is 25.0 Å². The summed E-state index contributed by atoms with van der Waals surface area (Å²) in [6.07, 6.45) is 7.87. The molecule has 0 amide bonds. The number of guanidine groups is 1. The van der Waals surface area contributed by atoms with Gasteiger partial charge in [-0.1, -0.05) is 25.3 Å². The lowest BCUT2D eigenvalue weighted by atomic mass is 9.87. The highest BCUT2D eigenvalue weighted by Crippen LogP contribution is 2.42. The summed E-state index contributed by atoms with van der Waals surface area (Å²) >= 11 is 4.02. The zero-order valence-corrected chi connectivity index (χ0v) is 21.9. The van der Waals surface area contributed by atoms with Crippen LogP contribution >= 0.6 is 47.1 Å². The molecule has 1 N–H and O–H groups in total. The van der Waals surface area contributed by atoms with Crippen molar-refractivity contribution in [3.05, 3.63) is 34.0 Å². The Balaban J connectivity index is 0.00000256. The summed E-state index contributed by atoms with van der Waals surface area (Å²) in [5.41, 5.74) is 0. The minimum atomic E-state index is 0. The highest BCUT2D eigenvalue weighted by molar-refractivity contribution is 14.0. The first-order chi connectivity index (χ1) is 14.2. The van der Waals surface area contributed by atoms with Crippen LogP contribution in [0.3, 0.4) is 0 Å². The second-order valence-electron chi connectivity index (χ2n) is 8.13. The molecule has 2 aromatic rings. The summed E-state index contributed by atoms with van der Waals surface area (Å²) in [6, 6.07) is 4.33. The molecule has 166 valence electrons. The number of halogens is 1. The quantitative estimate of drug-likeness (QED) is 0.337. The fraction of sp³-hybridized carbons (Fsp3) is 0.667. The molecule has 2 aliphatic rings. The van der Waals surface area contributed by atoms with Crippen LogP contribution in [0.25, 0.3) is 0 Å². The van der Waals surface area contributed by atoms with Crippen LogP contribution in [-0.2, 0) is 20.0 Å². The maximum absolute atomic E-state index is 4.99. The van der Waals surface area contributed by atoms with E-state index in [4.69, 9.17) is 4.99 Å². The lowest BCUT2D eigenvalue weighted by molar-refractivity contribution is 0.293. The minimum absolute atomic E-state index is 0. The highest BCUT2D eigenvalue weighted by Gasteiger charge is 2.38. The summed E-state index contributed by atoms with van der Waals surface area (Å²) in [6.45, 7) is 5.63. The number of aryl methyl sites for hydroxylation is 1. The van der Waals surface area contributed by atoms with Crippen molar-refractivity contribution in [3.63, 3.8) is 0 Å². The van der Waals surface area contributed by atoms with Gasteiger partial charge in [0.05, 0.1) is 0 Å². The minimum Gasteiger partial charge on any atom is -0.356 e. The molecule has 0 aromatic carbocycles. The van der Waals surface area contributed by atoms with Gasteiger partial charge >= 0.3 is 0 Å². The number of nitrogens with one attached hydrogen (secondary N) is 1. The maximum atomic E-state index is 4.99. The summed E-state index contributed by atoms with van der Waals surface area (Å²) in [4.78, 5) is 8.91. The van der Waals surface area contributed by atoms with Crippen LogP contribution < -0.4 is 5.32 Å². The number of aromatic nitrogens is 3. The molecule has 4 rings (SSSR count). The van der Waals surface area contributed by atoms with Crippen LogP contribution in [0.1, 0.15) is 48.6 Å². The van der Waals surface area contributed by atoms with Crippen molar-refractivity contribution < 1.29 is 0 Å².